The molecule has 2 aromatic heterocycles. The first-order valence-electron chi connectivity index (χ1n) is 11.1. The number of thiophene rings is 1. The van der Waals surface area contributed by atoms with Gasteiger partial charge in [0.1, 0.15) is 10.7 Å². The first-order valence-corrected chi connectivity index (χ1v) is 13.1. The number of H-pyrrole nitrogens is 1. The molecular weight excluding hydrogens is 450 g/mol. The Bertz CT molecular complexity index is 1320. The molecule has 0 unspecified atom stereocenters. The molecule has 1 saturated heterocycles. The van der Waals surface area contributed by atoms with E-state index in [2.05, 4.69) is 17.1 Å². The van der Waals surface area contributed by atoms with E-state index >= 15 is 0 Å². The van der Waals surface area contributed by atoms with E-state index in [0.717, 1.165) is 35.3 Å². The highest BCUT2D eigenvalue weighted by atomic mass is 32.2. The summed E-state index contributed by atoms with van der Waals surface area (Å²) >= 11 is 3.00. The molecule has 1 amide bonds. The lowest BCUT2D eigenvalue weighted by atomic mass is 10.0. The van der Waals surface area contributed by atoms with Crippen LogP contribution in [-0.2, 0) is 10.5 Å². The fourth-order valence-corrected chi connectivity index (χ4v) is 6.24. The second-order valence-corrected chi connectivity index (χ2v) is 10.4. The summed E-state index contributed by atoms with van der Waals surface area (Å²) in [7, 11) is 0. The molecule has 5 rings (SSSR count). The molecule has 3 heterocycles. The van der Waals surface area contributed by atoms with Crippen molar-refractivity contribution >= 4 is 39.2 Å². The highest BCUT2D eigenvalue weighted by Gasteiger charge is 2.32. The Morgan fingerprint density at radius 1 is 1.18 bits per heavy atom. The molecule has 0 saturated carbocycles. The molecule has 1 aliphatic heterocycles. The number of benzene rings is 2. The van der Waals surface area contributed by atoms with Gasteiger partial charge in [-0.15, -0.1) is 23.1 Å². The largest absolute Gasteiger partial charge is 0.335 e. The monoisotopic (exact) mass is 475 g/mol. The zero-order valence-electron chi connectivity index (χ0n) is 18.4. The molecule has 1 aliphatic rings. The highest BCUT2D eigenvalue weighted by Crippen LogP contribution is 2.34. The first-order chi connectivity index (χ1) is 16.1. The Kier molecular flexibility index (Phi) is 6.33. The quantitative estimate of drug-likeness (QED) is 0.392. The van der Waals surface area contributed by atoms with Crippen LogP contribution in [0.25, 0.3) is 21.3 Å². The third kappa shape index (κ3) is 4.48. The van der Waals surface area contributed by atoms with Crippen molar-refractivity contribution in [1.29, 1.82) is 0 Å². The predicted octanol–water partition coefficient (Wildman–Crippen LogP) is 5.64. The molecule has 1 fully saturated rings. The molecule has 0 bridgehead atoms. The minimum atomic E-state index is -0.210. The van der Waals surface area contributed by atoms with E-state index in [9.17, 15) is 9.59 Å². The Balaban J connectivity index is 1.29. The van der Waals surface area contributed by atoms with Crippen molar-refractivity contribution in [2.75, 3.05) is 6.54 Å². The minimum Gasteiger partial charge on any atom is -0.335 e. The average molecular weight is 476 g/mol. The van der Waals surface area contributed by atoms with Crippen LogP contribution in [0.4, 0.5) is 0 Å². The topological polar surface area (TPSA) is 66.1 Å². The van der Waals surface area contributed by atoms with Gasteiger partial charge in [-0.05, 0) is 30.9 Å². The van der Waals surface area contributed by atoms with E-state index in [0.29, 0.717) is 17.0 Å². The van der Waals surface area contributed by atoms with Crippen molar-refractivity contribution in [3.63, 3.8) is 0 Å². The Labute approximate surface area is 200 Å². The fraction of sp³-hybridized carbons (Fsp3) is 0.269. The number of fused-ring (bicyclic) bond motifs is 1. The van der Waals surface area contributed by atoms with Crippen LogP contribution in [0, 0.1) is 0 Å². The van der Waals surface area contributed by atoms with E-state index < -0.39 is 0 Å². The zero-order chi connectivity index (χ0) is 22.8. The summed E-state index contributed by atoms with van der Waals surface area (Å²) in [5.41, 5.74) is 2.99. The predicted molar refractivity (Wildman–Crippen MR) is 137 cm³/mol. The summed E-state index contributed by atoms with van der Waals surface area (Å²) in [6.45, 7) is 2.74. The van der Waals surface area contributed by atoms with Crippen LogP contribution in [0.5, 0.6) is 0 Å². The van der Waals surface area contributed by atoms with Gasteiger partial charge in [0, 0.05) is 17.5 Å². The summed E-state index contributed by atoms with van der Waals surface area (Å²) in [6, 6.07) is 20.3. The third-order valence-electron chi connectivity index (χ3n) is 6.12. The normalized spacial score (nSPS) is 16.9. The van der Waals surface area contributed by atoms with Crippen LogP contribution in [0.1, 0.15) is 37.2 Å². The van der Waals surface area contributed by atoms with E-state index in [1.807, 2.05) is 65.7 Å². The zero-order valence-corrected chi connectivity index (χ0v) is 20.0. The number of hydrogen-bond acceptors (Lipinski definition) is 5. The fourth-order valence-electron chi connectivity index (χ4n) is 4.45. The molecule has 4 aromatic rings. The molecule has 168 valence electrons. The lowest BCUT2D eigenvalue weighted by Gasteiger charge is -2.27. The number of hydrogen-bond donors (Lipinski definition) is 1. The van der Waals surface area contributed by atoms with Crippen molar-refractivity contribution < 1.29 is 4.79 Å². The van der Waals surface area contributed by atoms with Gasteiger partial charge >= 0.3 is 0 Å². The van der Waals surface area contributed by atoms with Crippen molar-refractivity contribution in [2.45, 2.75) is 36.8 Å². The van der Waals surface area contributed by atoms with Crippen LogP contribution in [0.15, 0.2) is 70.8 Å². The molecule has 0 spiro atoms. The van der Waals surface area contributed by atoms with Crippen molar-refractivity contribution in [2.24, 2.45) is 0 Å². The van der Waals surface area contributed by atoms with Gasteiger partial charge in [0.25, 0.3) is 5.56 Å². The Morgan fingerprint density at radius 2 is 1.91 bits per heavy atom. The SMILES string of the molecule is C[C@H](SCc1nc2scc(-c3ccccc3)c2c(=O)[nH]1)C(=O)N1CCC[C@H]1c1ccccc1. The maximum absolute atomic E-state index is 13.2. The van der Waals surface area contributed by atoms with Gasteiger partial charge in [0.05, 0.1) is 22.4 Å². The number of likely N-dealkylation sites (tertiary alicyclic amines) is 1. The van der Waals surface area contributed by atoms with Crippen molar-refractivity contribution in [3.8, 4) is 11.1 Å². The van der Waals surface area contributed by atoms with Gasteiger partial charge in [-0.25, -0.2) is 4.98 Å². The van der Waals surface area contributed by atoms with Crippen LogP contribution in [0.2, 0.25) is 0 Å². The summed E-state index contributed by atoms with van der Waals surface area (Å²) in [4.78, 5) is 36.4. The summed E-state index contributed by atoms with van der Waals surface area (Å²) in [5, 5.41) is 2.41. The van der Waals surface area contributed by atoms with E-state index in [1.165, 1.54) is 28.7 Å². The molecule has 7 heteroatoms. The molecule has 2 aromatic carbocycles. The van der Waals surface area contributed by atoms with Gasteiger partial charge in [0.2, 0.25) is 5.91 Å². The molecule has 33 heavy (non-hydrogen) atoms. The smallest absolute Gasteiger partial charge is 0.260 e. The number of nitrogens with zero attached hydrogens (tertiary/aromatic N) is 2. The van der Waals surface area contributed by atoms with E-state index in [4.69, 9.17) is 4.98 Å². The van der Waals surface area contributed by atoms with E-state index in [1.54, 1.807) is 0 Å². The number of nitrogens with one attached hydrogen (secondary N) is 1. The second kappa shape index (κ2) is 9.53. The van der Waals surface area contributed by atoms with Gasteiger partial charge in [-0.1, -0.05) is 60.7 Å². The van der Waals surface area contributed by atoms with Gasteiger partial charge in [0.15, 0.2) is 0 Å². The second-order valence-electron chi connectivity index (χ2n) is 8.26. The Hall–Kier alpha value is -2.90. The lowest BCUT2D eigenvalue weighted by Crippen LogP contribution is -2.36. The van der Waals surface area contributed by atoms with Crippen LogP contribution >= 0.6 is 23.1 Å². The maximum atomic E-state index is 13.2. The van der Waals surface area contributed by atoms with Crippen LogP contribution < -0.4 is 5.56 Å². The summed E-state index contributed by atoms with van der Waals surface area (Å²) in [6.07, 6.45) is 2.02. The van der Waals surface area contributed by atoms with Gasteiger partial charge in [-0.2, -0.15) is 0 Å². The lowest BCUT2D eigenvalue weighted by molar-refractivity contribution is -0.131. The highest BCUT2D eigenvalue weighted by molar-refractivity contribution is 7.99. The summed E-state index contributed by atoms with van der Waals surface area (Å²) < 4.78 is 0. The standard InChI is InChI=1S/C26H25N3O2S2/c1-17(26(31)29-14-8-13-21(29)19-11-6-3-7-12-19)32-16-22-27-24(30)23-20(15-33-25(23)28-22)18-9-4-2-5-10-18/h2-7,9-12,15,17,21H,8,13-14,16H2,1H3,(H,27,28,30)/t17-,21-/m0/s1. The maximum Gasteiger partial charge on any atom is 0.260 e. The first kappa shape index (κ1) is 21.9. The summed E-state index contributed by atoms with van der Waals surface area (Å²) in [5.74, 6) is 1.25. The number of aromatic nitrogens is 2. The third-order valence-corrected chi connectivity index (χ3v) is 8.13. The average Bonchev–Trinajstić information content (AvgIpc) is 3.51. The van der Waals surface area contributed by atoms with Crippen molar-refractivity contribution in [3.05, 3.63) is 87.8 Å². The molecule has 2 atom stereocenters. The Morgan fingerprint density at radius 3 is 2.67 bits per heavy atom. The molecular formula is C26H25N3O2S2. The number of rotatable bonds is 6. The number of carbonyl (C=O) groups excluding carboxylic acids is 1. The van der Waals surface area contributed by atoms with E-state index in [-0.39, 0.29) is 22.8 Å². The molecule has 1 N–H and O–H groups in total. The van der Waals surface area contributed by atoms with Gasteiger partial charge < -0.3 is 9.88 Å². The number of amides is 1. The van der Waals surface area contributed by atoms with Crippen molar-refractivity contribution in [1.82, 2.24) is 14.9 Å². The van der Waals surface area contributed by atoms with Crippen LogP contribution in [-0.4, -0.2) is 32.6 Å². The minimum absolute atomic E-state index is 0.127. The molecule has 0 aliphatic carbocycles. The number of thioether (sulfide) groups is 1. The number of aromatic amines is 1. The van der Waals surface area contributed by atoms with Crippen LogP contribution in [0.3, 0.4) is 0 Å². The van der Waals surface area contributed by atoms with Gasteiger partial charge in [-0.3, -0.25) is 9.59 Å². The molecule has 5 nitrogen and oxygen atoms in total. The number of carbonyl (C=O) groups is 1. The molecule has 0 radical (unpaired) electrons.